The van der Waals surface area contributed by atoms with Gasteiger partial charge in [0, 0.05) is 25.8 Å². The van der Waals surface area contributed by atoms with Crippen molar-refractivity contribution in [3.63, 3.8) is 0 Å². The van der Waals surface area contributed by atoms with Crippen molar-refractivity contribution in [2.45, 2.75) is 26.2 Å². The number of halogens is 2. The van der Waals surface area contributed by atoms with Crippen LogP contribution in [0.15, 0.2) is 29.0 Å². The molecule has 2 aromatic rings. The van der Waals surface area contributed by atoms with Crippen molar-refractivity contribution >= 4 is 24.8 Å². The molecule has 0 unspecified atom stereocenters. The number of hydrogen-bond donors (Lipinski definition) is 1. The summed E-state index contributed by atoms with van der Waals surface area (Å²) >= 11 is 0. The Hall–Kier alpha value is -1.01. The minimum atomic E-state index is 0. The highest BCUT2D eigenvalue weighted by atomic mass is 35.5. The van der Waals surface area contributed by atoms with Gasteiger partial charge in [0.1, 0.15) is 11.6 Å². The average molecular weight is 319 g/mol. The van der Waals surface area contributed by atoms with E-state index < -0.39 is 0 Å². The second-order valence-corrected chi connectivity index (χ2v) is 4.77. The molecule has 3 rings (SSSR count). The number of hydrogen-bond acceptors (Lipinski definition) is 4. The summed E-state index contributed by atoms with van der Waals surface area (Å²) in [7, 11) is 2.08. The van der Waals surface area contributed by atoms with Crippen molar-refractivity contribution in [2.75, 3.05) is 13.6 Å². The van der Waals surface area contributed by atoms with Gasteiger partial charge in [-0.2, -0.15) is 0 Å². The summed E-state index contributed by atoms with van der Waals surface area (Å²) in [6.45, 7) is 4.59. The van der Waals surface area contributed by atoms with Crippen LogP contribution in [0.3, 0.4) is 0 Å². The van der Waals surface area contributed by atoms with E-state index in [2.05, 4.69) is 33.0 Å². The van der Waals surface area contributed by atoms with Crippen molar-refractivity contribution in [3.05, 3.63) is 41.9 Å². The first-order valence-electron chi connectivity index (χ1n) is 6.28. The minimum absolute atomic E-state index is 0. The zero-order valence-electron chi connectivity index (χ0n) is 11.4. The van der Waals surface area contributed by atoms with Gasteiger partial charge in [-0.1, -0.05) is 0 Å². The summed E-state index contributed by atoms with van der Waals surface area (Å²) in [4.78, 5) is 6.86. The van der Waals surface area contributed by atoms with E-state index in [0.29, 0.717) is 0 Å². The number of imidazole rings is 1. The third kappa shape index (κ3) is 3.99. The molecular weight excluding hydrogens is 299 g/mol. The van der Waals surface area contributed by atoms with Crippen molar-refractivity contribution in [1.82, 2.24) is 19.8 Å². The van der Waals surface area contributed by atoms with Crippen molar-refractivity contribution in [3.8, 4) is 0 Å². The molecule has 1 N–H and O–H groups in total. The first-order valence-corrected chi connectivity index (χ1v) is 6.28. The fourth-order valence-corrected chi connectivity index (χ4v) is 2.32. The highest BCUT2D eigenvalue weighted by Crippen LogP contribution is 2.11. The molecule has 112 valence electrons. The minimum Gasteiger partial charge on any atom is -0.468 e. The van der Waals surface area contributed by atoms with Crippen molar-refractivity contribution < 1.29 is 4.42 Å². The highest BCUT2D eigenvalue weighted by molar-refractivity contribution is 5.85. The molecule has 5 nitrogen and oxygen atoms in total. The van der Waals surface area contributed by atoms with Crippen LogP contribution < -0.4 is 5.32 Å². The summed E-state index contributed by atoms with van der Waals surface area (Å²) in [5.41, 5.74) is 1.13. The first-order chi connectivity index (χ1) is 8.81. The highest BCUT2D eigenvalue weighted by Gasteiger charge is 2.13. The smallest absolute Gasteiger partial charge is 0.123 e. The lowest BCUT2D eigenvalue weighted by atomic mass is 10.4. The molecule has 0 aromatic carbocycles. The van der Waals surface area contributed by atoms with Gasteiger partial charge in [0.05, 0.1) is 25.0 Å². The fourth-order valence-electron chi connectivity index (χ4n) is 2.32. The third-order valence-corrected chi connectivity index (χ3v) is 3.16. The van der Waals surface area contributed by atoms with Gasteiger partial charge in [-0.15, -0.1) is 24.8 Å². The van der Waals surface area contributed by atoms with Crippen LogP contribution in [0, 0.1) is 0 Å². The summed E-state index contributed by atoms with van der Waals surface area (Å²) in [6, 6.07) is 3.92. The maximum absolute atomic E-state index is 5.35. The van der Waals surface area contributed by atoms with Crippen LogP contribution in [0.25, 0.3) is 0 Å². The first kappa shape index (κ1) is 17.0. The maximum atomic E-state index is 5.35. The zero-order chi connectivity index (χ0) is 12.4. The predicted octanol–water partition coefficient (Wildman–Crippen LogP) is 2.05. The number of furan rings is 1. The van der Waals surface area contributed by atoms with E-state index in [0.717, 1.165) is 50.0 Å². The molecule has 20 heavy (non-hydrogen) atoms. The molecule has 0 radical (unpaired) electrons. The zero-order valence-corrected chi connectivity index (χ0v) is 13.0. The van der Waals surface area contributed by atoms with Crippen LogP contribution >= 0.6 is 24.8 Å². The van der Waals surface area contributed by atoms with Crippen LogP contribution in [-0.4, -0.2) is 28.0 Å². The lowest BCUT2D eigenvalue weighted by Crippen LogP contribution is -2.27. The van der Waals surface area contributed by atoms with Gasteiger partial charge in [-0.25, -0.2) is 4.98 Å². The Morgan fingerprint density at radius 2 is 2.25 bits per heavy atom. The van der Waals surface area contributed by atoms with E-state index in [1.54, 1.807) is 6.26 Å². The van der Waals surface area contributed by atoms with E-state index in [9.17, 15) is 0 Å². The quantitative estimate of drug-likeness (QED) is 0.937. The number of rotatable bonds is 4. The number of fused-ring (bicyclic) bond motifs is 1. The Kier molecular flexibility index (Phi) is 6.55. The summed E-state index contributed by atoms with van der Waals surface area (Å²) in [6.07, 6.45) is 3.87. The maximum Gasteiger partial charge on any atom is 0.123 e. The lowest BCUT2D eigenvalue weighted by molar-refractivity contribution is 0.285. The number of nitrogens with zero attached hydrogens (tertiary/aromatic N) is 3. The second kappa shape index (κ2) is 7.69. The molecule has 0 spiro atoms. The second-order valence-electron chi connectivity index (χ2n) is 4.77. The Balaban J connectivity index is 0.000001000. The van der Waals surface area contributed by atoms with Crippen molar-refractivity contribution in [1.29, 1.82) is 0 Å². The monoisotopic (exact) mass is 318 g/mol. The summed E-state index contributed by atoms with van der Waals surface area (Å²) in [5, 5.41) is 3.33. The van der Waals surface area contributed by atoms with Gasteiger partial charge in [-0.05, 0) is 19.2 Å². The van der Waals surface area contributed by atoms with Gasteiger partial charge in [0.2, 0.25) is 0 Å². The molecule has 0 bridgehead atoms. The Labute approximate surface area is 131 Å². The van der Waals surface area contributed by atoms with Crippen LogP contribution in [0.4, 0.5) is 0 Å². The van der Waals surface area contributed by atoms with E-state index in [4.69, 9.17) is 4.42 Å². The summed E-state index contributed by atoms with van der Waals surface area (Å²) in [5.74, 6) is 2.13. The Morgan fingerprint density at radius 1 is 1.40 bits per heavy atom. The molecule has 1 aliphatic rings. The molecule has 0 amide bonds. The number of nitrogens with one attached hydrogen (secondary N) is 1. The molecule has 0 saturated carbocycles. The molecule has 0 atom stereocenters. The van der Waals surface area contributed by atoms with Crippen LogP contribution in [0.1, 0.15) is 17.3 Å². The topological polar surface area (TPSA) is 46.2 Å². The third-order valence-electron chi connectivity index (χ3n) is 3.16. The van der Waals surface area contributed by atoms with Crippen molar-refractivity contribution in [2.24, 2.45) is 0 Å². The predicted molar refractivity (Wildman–Crippen MR) is 82.3 cm³/mol. The molecule has 2 aromatic heterocycles. The molecule has 0 fully saturated rings. The van der Waals surface area contributed by atoms with E-state index in [-0.39, 0.29) is 24.8 Å². The molecule has 3 heterocycles. The Morgan fingerprint density at radius 3 is 2.95 bits per heavy atom. The number of aromatic nitrogens is 2. The van der Waals surface area contributed by atoms with Gasteiger partial charge < -0.3 is 14.3 Å². The van der Waals surface area contributed by atoms with E-state index in [1.807, 2.05) is 12.1 Å². The van der Waals surface area contributed by atoms with Crippen LogP contribution in [0.2, 0.25) is 0 Å². The van der Waals surface area contributed by atoms with Gasteiger partial charge in [0.25, 0.3) is 0 Å². The lowest BCUT2D eigenvalue weighted by Gasteiger charge is -2.13. The molecule has 0 saturated heterocycles. The largest absolute Gasteiger partial charge is 0.468 e. The van der Waals surface area contributed by atoms with E-state index >= 15 is 0 Å². The molecule has 7 heteroatoms. The van der Waals surface area contributed by atoms with Gasteiger partial charge >= 0.3 is 0 Å². The molecule has 1 aliphatic heterocycles. The van der Waals surface area contributed by atoms with E-state index in [1.165, 1.54) is 0 Å². The van der Waals surface area contributed by atoms with Gasteiger partial charge in [0.15, 0.2) is 0 Å². The Bertz CT molecular complexity index is 489. The molecular formula is C13H20Cl2N4O. The summed E-state index contributed by atoms with van der Waals surface area (Å²) < 4.78 is 7.59. The van der Waals surface area contributed by atoms with Crippen LogP contribution in [-0.2, 0) is 26.2 Å². The van der Waals surface area contributed by atoms with Gasteiger partial charge in [-0.3, -0.25) is 4.90 Å². The standard InChI is InChI=1S/C13H18N4O.2ClH/c1-16(10-12-3-2-6-18-12)8-11-9-17-5-4-14-7-13(17)15-11;;/h2-3,6,9,14H,4-5,7-8,10H2,1H3;2*1H. The normalized spacial score (nSPS) is 13.5. The molecule has 0 aliphatic carbocycles. The fraction of sp³-hybridized carbons (Fsp3) is 0.462. The SMILES string of the molecule is CN(Cc1cn2c(n1)CNCC2)Cc1ccco1.Cl.Cl. The van der Waals surface area contributed by atoms with Crippen LogP contribution in [0.5, 0.6) is 0 Å². The average Bonchev–Trinajstić information content (AvgIpc) is 2.96.